The van der Waals surface area contributed by atoms with E-state index < -0.39 is 15.8 Å². The number of anilines is 1. The van der Waals surface area contributed by atoms with Crippen LogP contribution in [0.4, 0.5) is 15.0 Å². The van der Waals surface area contributed by atoms with Crippen molar-refractivity contribution in [2.45, 2.75) is 12.5 Å². The van der Waals surface area contributed by atoms with Gasteiger partial charge in [0.25, 0.3) is 0 Å². The molecular weight excluding hydrogens is 393 g/mol. The fourth-order valence-electron chi connectivity index (χ4n) is 2.72. The third-order valence-corrected chi connectivity index (χ3v) is 5.57. The Bertz CT molecular complexity index is 1040. The average molecular weight is 411 g/mol. The number of rotatable bonds is 6. The van der Waals surface area contributed by atoms with Gasteiger partial charge < -0.3 is 11.1 Å². The molecule has 11 nitrogen and oxygen atoms in total. The molecule has 1 unspecified atom stereocenters. The molecule has 2 atom stereocenters. The number of urea groups is 1. The number of benzene rings is 1. The molecule has 150 valence electrons. The zero-order valence-electron chi connectivity index (χ0n) is 14.8. The van der Waals surface area contributed by atoms with E-state index in [0.29, 0.717) is 6.42 Å². The van der Waals surface area contributed by atoms with Crippen LogP contribution < -0.4 is 16.5 Å². The Kier molecular flexibility index (Phi) is 5.56. The van der Waals surface area contributed by atoms with Crippen molar-refractivity contribution in [3.8, 4) is 0 Å². The molecule has 1 aliphatic carbocycles. The van der Waals surface area contributed by atoms with Crippen molar-refractivity contribution in [1.29, 1.82) is 0 Å². The van der Waals surface area contributed by atoms with E-state index in [9.17, 15) is 18.6 Å². The number of hydroxylamine groups is 1. The van der Waals surface area contributed by atoms with Crippen LogP contribution in [0.1, 0.15) is 22.9 Å². The Morgan fingerprint density at radius 3 is 3.00 bits per heavy atom. The topological polar surface area (TPSA) is 168 Å². The third-order valence-electron chi connectivity index (χ3n) is 4.04. The van der Waals surface area contributed by atoms with E-state index in [-0.39, 0.29) is 41.5 Å². The minimum atomic E-state index is -2.80. The van der Waals surface area contributed by atoms with Gasteiger partial charge in [0.1, 0.15) is 5.82 Å². The SMILES string of the molecule is CS(=O)(CCNc1nonc1C(=N[C@H]1Cc2ccc(F)cc21)NO)=NC(N)=O. The molecule has 1 aromatic heterocycles. The van der Waals surface area contributed by atoms with Gasteiger partial charge in [0.2, 0.25) is 5.82 Å². The number of amides is 2. The normalized spacial score (nSPS) is 17.8. The van der Waals surface area contributed by atoms with E-state index in [2.05, 4.69) is 29.6 Å². The number of fused-ring (bicyclic) bond motifs is 1. The Morgan fingerprint density at radius 2 is 2.29 bits per heavy atom. The van der Waals surface area contributed by atoms with Gasteiger partial charge in [0.15, 0.2) is 11.5 Å². The summed E-state index contributed by atoms with van der Waals surface area (Å²) < 4.78 is 33.5. The Morgan fingerprint density at radius 1 is 1.50 bits per heavy atom. The number of primary amides is 1. The monoisotopic (exact) mass is 411 g/mol. The first-order chi connectivity index (χ1) is 13.3. The summed E-state index contributed by atoms with van der Waals surface area (Å²) in [6, 6.07) is 3.10. The van der Waals surface area contributed by atoms with Crippen LogP contribution in [0.2, 0.25) is 0 Å². The van der Waals surface area contributed by atoms with Crippen LogP contribution >= 0.6 is 0 Å². The highest BCUT2D eigenvalue weighted by Crippen LogP contribution is 2.36. The quantitative estimate of drug-likeness (QED) is 0.308. The maximum absolute atomic E-state index is 13.4. The summed E-state index contributed by atoms with van der Waals surface area (Å²) in [5.74, 6) is -0.250. The van der Waals surface area contributed by atoms with E-state index in [1.165, 1.54) is 18.4 Å². The molecule has 0 spiro atoms. The van der Waals surface area contributed by atoms with Crippen molar-refractivity contribution in [2.75, 3.05) is 23.9 Å². The molecule has 1 aromatic carbocycles. The maximum atomic E-state index is 13.4. The lowest BCUT2D eigenvalue weighted by atomic mass is 9.83. The van der Waals surface area contributed by atoms with Crippen molar-refractivity contribution in [1.82, 2.24) is 15.8 Å². The second-order valence-corrected chi connectivity index (χ2v) is 8.64. The minimum absolute atomic E-state index is 0.0105. The molecule has 2 amide bonds. The number of halogens is 1. The predicted molar refractivity (Wildman–Crippen MR) is 98.0 cm³/mol. The summed E-state index contributed by atoms with van der Waals surface area (Å²) in [5.41, 5.74) is 8.63. The van der Waals surface area contributed by atoms with E-state index in [0.717, 1.165) is 11.1 Å². The fraction of sp³-hybridized carbons (Fsp3) is 0.333. The number of hydrogen-bond donors (Lipinski definition) is 4. The van der Waals surface area contributed by atoms with Gasteiger partial charge in [0, 0.05) is 18.6 Å². The number of aromatic nitrogens is 2. The van der Waals surface area contributed by atoms with Crippen LogP contribution in [0.5, 0.6) is 0 Å². The Balaban J connectivity index is 1.73. The van der Waals surface area contributed by atoms with E-state index in [4.69, 9.17) is 5.73 Å². The summed E-state index contributed by atoms with van der Waals surface area (Å²) in [6.07, 6.45) is 1.89. The Labute approximate surface area is 159 Å². The lowest BCUT2D eigenvalue weighted by Gasteiger charge is -2.27. The summed E-state index contributed by atoms with van der Waals surface area (Å²) >= 11 is 0. The first-order valence-corrected chi connectivity index (χ1v) is 10.2. The van der Waals surface area contributed by atoms with Gasteiger partial charge in [0.05, 0.1) is 15.8 Å². The van der Waals surface area contributed by atoms with Crippen LogP contribution in [0.25, 0.3) is 0 Å². The van der Waals surface area contributed by atoms with Gasteiger partial charge in [-0.15, -0.1) is 4.36 Å². The first kappa shape index (κ1) is 19.7. The number of nitrogens with zero attached hydrogens (tertiary/aromatic N) is 4. The number of nitrogens with two attached hydrogens (primary N) is 1. The predicted octanol–water partition coefficient (Wildman–Crippen LogP) is 0.820. The average Bonchev–Trinajstić information content (AvgIpc) is 3.05. The van der Waals surface area contributed by atoms with E-state index in [1.54, 1.807) is 6.07 Å². The van der Waals surface area contributed by atoms with Gasteiger partial charge in [-0.2, -0.15) is 0 Å². The van der Waals surface area contributed by atoms with Crippen molar-refractivity contribution in [2.24, 2.45) is 15.1 Å². The molecule has 28 heavy (non-hydrogen) atoms. The molecule has 2 aromatic rings. The van der Waals surface area contributed by atoms with Gasteiger partial charge >= 0.3 is 6.03 Å². The van der Waals surface area contributed by atoms with Crippen LogP contribution in [0.15, 0.2) is 32.2 Å². The highest BCUT2D eigenvalue weighted by molar-refractivity contribution is 7.93. The Hall–Kier alpha value is -3.06. The third kappa shape index (κ3) is 4.43. The summed E-state index contributed by atoms with van der Waals surface area (Å²) in [7, 11) is -2.80. The largest absolute Gasteiger partial charge is 0.364 e. The standard InChI is InChI=1S/C15H18FN7O4S/c1-28(26,23-15(17)24)5-4-18-13-12(21-27-22-13)14(20-25)19-11-6-8-2-3-9(16)7-10(8)11/h2-3,7,11,25H,4-6H2,1H3,(H2,17,24)(H,18,22)(H,19,20)/t11-,28?/m0/s1. The highest BCUT2D eigenvalue weighted by Gasteiger charge is 2.28. The first-order valence-electron chi connectivity index (χ1n) is 8.11. The van der Waals surface area contributed by atoms with Gasteiger partial charge in [-0.05, 0) is 40.0 Å². The lowest BCUT2D eigenvalue weighted by Crippen LogP contribution is -2.26. The molecule has 5 N–H and O–H groups in total. The second-order valence-electron chi connectivity index (χ2n) is 6.13. The molecular formula is C15H18FN7O4S. The lowest BCUT2D eigenvalue weighted by molar-refractivity contribution is 0.232. The van der Waals surface area contributed by atoms with Gasteiger partial charge in [-0.1, -0.05) is 6.07 Å². The molecule has 13 heteroatoms. The summed E-state index contributed by atoms with van der Waals surface area (Å²) in [5, 5.41) is 19.6. The molecule has 0 saturated heterocycles. The van der Waals surface area contributed by atoms with E-state index >= 15 is 0 Å². The summed E-state index contributed by atoms with van der Waals surface area (Å²) in [6.45, 7) is 0.115. The van der Waals surface area contributed by atoms with Gasteiger partial charge in [-0.3, -0.25) is 15.7 Å². The second kappa shape index (κ2) is 7.90. The summed E-state index contributed by atoms with van der Waals surface area (Å²) in [4.78, 5) is 15.1. The van der Waals surface area contributed by atoms with Crippen molar-refractivity contribution < 1.29 is 23.2 Å². The smallest absolute Gasteiger partial charge is 0.346 e. The molecule has 0 bridgehead atoms. The number of nitrogens with one attached hydrogen (secondary N) is 2. The molecule has 3 rings (SSSR count). The van der Waals surface area contributed by atoms with Crippen molar-refractivity contribution in [3.05, 3.63) is 40.8 Å². The zero-order valence-corrected chi connectivity index (χ0v) is 15.6. The molecule has 1 aliphatic rings. The molecule has 0 radical (unpaired) electrons. The van der Waals surface area contributed by atoms with Crippen molar-refractivity contribution >= 4 is 27.4 Å². The fourth-order valence-corrected chi connectivity index (χ4v) is 3.67. The number of aliphatic imine (C=N–C) groups is 1. The minimum Gasteiger partial charge on any atom is -0.364 e. The molecule has 1 heterocycles. The number of carbonyl (C=O) groups excluding carboxylic acids is 1. The van der Waals surface area contributed by atoms with Crippen LogP contribution in [0.3, 0.4) is 0 Å². The van der Waals surface area contributed by atoms with Crippen LogP contribution in [-0.2, 0) is 16.1 Å². The molecule has 0 aliphatic heterocycles. The van der Waals surface area contributed by atoms with Gasteiger partial charge in [-0.25, -0.2) is 18.0 Å². The molecule has 0 fully saturated rings. The molecule has 0 saturated carbocycles. The maximum Gasteiger partial charge on any atom is 0.346 e. The highest BCUT2D eigenvalue weighted by atomic mass is 32.2. The van der Waals surface area contributed by atoms with Crippen LogP contribution in [-0.4, -0.2) is 50.1 Å². The number of amidine groups is 1. The zero-order chi connectivity index (χ0) is 20.3. The number of hydrogen-bond acceptors (Lipinski definition) is 8. The number of carbonyl (C=O) groups is 1. The van der Waals surface area contributed by atoms with E-state index in [1.807, 2.05) is 5.48 Å². The van der Waals surface area contributed by atoms with Crippen molar-refractivity contribution in [3.63, 3.8) is 0 Å². The van der Waals surface area contributed by atoms with Crippen LogP contribution in [0, 0.1) is 5.82 Å².